The Hall–Kier alpha value is -2.24. The van der Waals surface area contributed by atoms with E-state index in [0.29, 0.717) is 11.4 Å². The third-order valence-corrected chi connectivity index (χ3v) is 3.47. The van der Waals surface area contributed by atoms with Gasteiger partial charge in [0.15, 0.2) is 0 Å². The number of nitrogens with one attached hydrogen (secondary N) is 1. The van der Waals surface area contributed by atoms with Crippen LogP contribution < -0.4 is 16.8 Å². The van der Waals surface area contributed by atoms with Crippen LogP contribution in [0.4, 0.5) is 11.4 Å². The maximum Gasteiger partial charge on any atom is 0.250 e. The number of primary amides is 1. The molecule has 0 spiro atoms. The zero-order valence-corrected chi connectivity index (χ0v) is 11.4. The third-order valence-electron chi connectivity index (χ3n) is 3.47. The SMILES string of the molecule is NC(=O)c1cc(NCC(=O)N2CCCCC2)ccc1N. The number of hydrogen-bond acceptors (Lipinski definition) is 4. The number of nitrogens with zero attached hydrogens (tertiary/aromatic N) is 1. The van der Waals surface area contributed by atoms with E-state index < -0.39 is 5.91 Å². The molecule has 0 bridgehead atoms. The maximum absolute atomic E-state index is 12.0. The highest BCUT2D eigenvalue weighted by Crippen LogP contribution is 2.17. The predicted molar refractivity (Wildman–Crippen MR) is 78.3 cm³/mol. The lowest BCUT2D eigenvalue weighted by Crippen LogP contribution is -2.39. The number of rotatable bonds is 4. The van der Waals surface area contributed by atoms with E-state index in [1.165, 1.54) is 6.42 Å². The van der Waals surface area contributed by atoms with Crippen molar-refractivity contribution in [2.24, 2.45) is 5.73 Å². The van der Waals surface area contributed by atoms with Crippen molar-refractivity contribution in [2.75, 3.05) is 30.7 Å². The summed E-state index contributed by atoms with van der Waals surface area (Å²) in [5, 5.41) is 3.01. The van der Waals surface area contributed by atoms with Crippen LogP contribution in [0.25, 0.3) is 0 Å². The molecule has 20 heavy (non-hydrogen) atoms. The van der Waals surface area contributed by atoms with E-state index in [-0.39, 0.29) is 18.0 Å². The average Bonchev–Trinajstić information content (AvgIpc) is 2.46. The third kappa shape index (κ3) is 3.40. The topological polar surface area (TPSA) is 101 Å². The Labute approximate surface area is 118 Å². The molecular weight excluding hydrogens is 256 g/mol. The number of nitrogens with two attached hydrogens (primary N) is 2. The maximum atomic E-state index is 12.0. The summed E-state index contributed by atoms with van der Waals surface area (Å²) in [6.45, 7) is 1.87. The number of piperidine rings is 1. The van der Waals surface area contributed by atoms with Crippen molar-refractivity contribution < 1.29 is 9.59 Å². The van der Waals surface area contributed by atoms with Gasteiger partial charge in [-0.1, -0.05) is 0 Å². The number of likely N-dealkylation sites (tertiary alicyclic amines) is 1. The number of benzene rings is 1. The standard InChI is InChI=1S/C14H20N4O2/c15-12-5-4-10(8-11(12)14(16)20)17-9-13(19)18-6-2-1-3-7-18/h4-5,8,17H,1-3,6-7,9,15H2,(H2,16,20). The number of carbonyl (C=O) groups excluding carboxylic acids is 2. The van der Waals surface area contributed by atoms with Gasteiger partial charge in [-0.25, -0.2) is 0 Å². The summed E-state index contributed by atoms with van der Waals surface area (Å²) in [5.41, 5.74) is 12.2. The lowest BCUT2D eigenvalue weighted by Gasteiger charge is -2.26. The Balaban J connectivity index is 1.95. The molecule has 2 rings (SSSR count). The number of amides is 2. The number of carbonyl (C=O) groups is 2. The van der Waals surface area contributed by atoms with Crippen molar-refractivity contribution in [1.82, 2.24) is 4.90 Å². The van der Waals surface area contributed by atoms with Gasteiger partial charge in [0.25, 0.3) is 5.91 Å². The molecule has 1 aromatic carbocycles. The molecule has 5 N–H and O–H groups in total. The second kappa shape index (κ2) is 6.27. The first-order chi connectivity index (χ1) is 9.58. The van der Waals surface area contributed by atoms with E-state index in [1.54, 1.807) is 18.2 Å². The van der Waals surface area contributed by atoms with Crippen LogP contribution in [0.1, 0.15) is 29.6 Å². The monoisotopic (exact) mass is 276 g/mol. The summed E-state index contributed by atoms with van der Waals surface area (Å²) >= 11 is 0. The quantitative estimate of drug-likeness (QED) is 0.708. The first-order valence-electron chi connectivity index (χ1n) is 6.79. The fourth-order valence-electron chi connectivity index (χ4n) is 2.31. The van der Waals surface area contributed by atoms with E-state index in [0.717, 1.165) is 25.9 Å². The minimum absolute atomic E-state index is 0.0714. The van der Waals surface area contributed by atoms with Crippen molar-refractivity contribution in [3.63, 3.8) is 0 Å². The molecule has 1 aliphatic rings. The summed E-state index contributed by atoms with van der Waals surface area (Å²) in [6, 6.07) is 4.90. The van der Waals surface area contributed by atoms with Gasteiger partial charge in [0.05, 0.1) is 12.1 Å². The number of anilines is 2. The van der Waals surface area contributed by atoms with E-state index in [9.17, 15) is 9.59 Å². The molecule has 6 heteroatoms. The van der Waals surface area contributed by atoms with Gasteiger partial charge >= 0.3 is 0 Å². The second-order valence-electron chi connectivity index (χ2n) is 4.96. The summed E-state index contributed by atoms with van der Waals surface area (Å²) < 4.78 is 0. The minimum Gasteiger partial charge on any atom is -0.398 e. The molecule has 1 heterocycles. The number of hydrogen-bond donors (Lipinski definition) is 3. The van der Waals surface area contributed by atoms with Gasteiger partial charge in [-0.2, -0.15) is 0 Å². The average molecular weight is 276 g/mol. The van der Waals surface area contributed by atoms with Crippen molar-refractivity contribution in [3.05, 3.63) is 23.8 Å². The zero-order chi connectivity index (χ0) is 14.5. The van der Waals surface area contributed by atoms with E-state index in [2.05, 4.69) is 5.32 Å². The summed E-state index contributed by atoms with van der Waals surface area (Å²) in [7, 11) is 0. The summed E-state index contributed by atoms with van der Waals surface area (Å²) in [6.07, 6.45) is 3.33. The van der Waals surface area contributed by atoms with Crippen LogP contribution in [0.2, 0.25) is 0 Å². The van der Waals surface area contributed by atoms with E-state index in [4.69, 9.17) is 11.5 Å². The lowest BCUT2D eigenvalue weighted by atomic mass is 10.1. The van der Waals surface area contributed by atoms with Crippen molar-refractivity contribution in [1.29, 1.82) is 0 Å². The van der Waals surface area contributed by atoms with Crippen LogP contribution in [0, 0.1) is 0 Å². The molecule has 1 aliphatic heterocycles. The van der Waals surface area contributed by atoms with Crippen LogP contribution in [0.15, 0.2) is 18.2 Å². The molecule has 0 atom stereocenters. The fourth-order valence-corrected chi connectivity index (χ4v) is 2.31. The van der Waals surface area contributed by atoms with Gasteiger partial charge < -0.3 is 21.7 Å². The first-order valence-corrected chi connectivity index (χ1v) is 6.79. The van der Waals surface area contributed by atoms with Crippen LogP contribution in [-0.2, 0) is 4.79 Å². The normalized spacial score (nSPS) is 14.9. The van der Waals surface area contributed by atoms with Gasteiger partial charge in [0.1, 0.15) is 0 Å². The molecule has 0 saturated carbocycles. The molecule has 1 saturated heterocycles. The Kier molecular flexibility index (Phi) is 4.45. The van der Waals surface area contributed by atoms with Gasteiger partial charge in [-0.15, -0.1) is 0 Å². The second-order valence-corrected chi connectivity index (χ2v) is 4.96. The molecule has 108 valence electrons. The number of nitrogen functional groups attached to an aromatic ring is 1. The Morgan fingerprint density at radius 2 is 1.90 bits per heavy atom. The smallest absolute Gasteiger partial charge is 0.250 e. The molecule has 0 aromatic heterocycles. The Morgan fingerprint density at radius 1 is 1.20 bits per heavy atom. The van der Waals surface area contributed by atoms with Gasteiger partial charge in [0.2, 0.25) is 5.91 Å². The zero-order valence-electron chi connectivity index (χ0n) is 11.4. The minimum atomic E-state index is -0.575. The highest BCUT2D eigenvalue weighted by molar-refractivity contribution is 5.99. The highest BCUT2D eigenvalue weighted by atomic mass is 16.2. The lowest BCUT2D eigenvalue weighted by molar-refractivity contribution is -0.130. The van der Waals surface area contributed by atoms with Crippen LogP contribution in [0.3, 0.4) is 0 Å². The van der Waals surface area contributed by atoms with Crippen LogP contribution in [-0.4, -0.2) is 36.3 Å². The molecule has 0 aliphatic carbocycles. The molecule has 1 fully saturated rings. The predicted octanol–water partition coefficient (Wildman–Crippen LogP) is 0.792. The molecule has 0 unspecified atom stereocenters. The summed E-state index contributed by atoms with van der Waals surface area (Å²) in [5.74, 6) is -0.504. The molecule has 0 radical (unpaired) electrons. The Morgan fingerprint density at radius 3 is 2.55 bits per heavy atom. The molecule has 1 aromatic rings. The molecule has 2 amide bonds. The molecular formula is C14H20N4O2. The van der Waals surface area contributed by atoms with E-state index in [1.807, 2.05) is 4.90 Å². The first kappa shape index (κ1) is 14.2. The van der Waals surface area contributed by atoms with Crippen molar-refractivity contribution >= 4 is 23.2 Å². The fraction of sp³-hybridized carbons (Fsp3) is 0.429. The van der Waals surface area contributed by atoms with Gasteiger partial charge in [-0.05, 0) is 37.5 Å². The van der Waals surface area contributed by atoms with Crippen LogP contribution in [0.5, 0.6) is 0 Å². The summed E-state index contributed by atoms with van der Waals surface area (Å²) in [4.78, 5) is 25.1. The largest absolute Gasteiger partial charge is 0.398 e. The molecule has 6 nitrogen and oxygen atoms in total. The van der Waals surface area contributed by atoms with Gasteiger partial charge in [0, 0.05) is 24.5 Å². The van der Waals surface area contributed by atoms with Crippen molar-refractivity contribution in [3.8, 4) is 0 Å². The van der Waals surface area contributed by atoms with Gasteiger partial charge in [-0.3, -0.25) is 9.59 Å². The van der Waals surface area contributed by atoms with Crippen molar-refractivity contribution in [2.45, 2.75) is 19.3 Å². The van der Waals surface area contributed by atoms with Crippen LogP contribution >= 0.6 is 0 Å². The highest BCUT2D eigenvalue weighted by Gasteiger charge is 2.16. The van der Waals surface area contributed by atoms with E-state index >= 15 is 0 Å². The Bertz CT molecular complexity index is 510.